The van der Waals surface area contributed by atoms with Crippen LogP contribution in [0.2, 0.25) is 5.02 Å². The fraction of sp³-hybridized carbons (Fsp3) is 0.412. The van der Waals surface area contributed by atoms with Crippen molar-refractivity contribution in [2.24, 2.45) is 0 Å². The van der Waals surface area contributed by atoms with Crippen LogP contribution in [0.3, 0.4) is 0 Å². The van der Waals surface area contributed by atoms with Crippen LogP contribution in [0.25, 0.3) is 5.82 Å². The zero-order valence-corrected chi connectivity index (χ0v) is 15.7. The lowest BCUT2D eigenvalue weighted by Crippen LogP contribution is -2.49. The molecule has 0 aliphatic carbocycles. The summed E-state index contributed by atoms with van der Waals surface area (Å²) in [5.41, 5.74) is -1.19. The number of amides is 1. The monoisotopic (exact) mass is 415 g/mol. The van der Waals surface area contributed by atoms with Gasteiger partial charge in [-0.3, -0.25) is 9.59 Å². The molecule has 2 aromatic rings. The normalized spacial score (nSPS) is 15.0. The van der Waals surface area contributed by atoms with Gasteiger partial charge in [0.1, 0.15) is 5.02 Å². The highest BCUT2D eigenvalue weighted by atomic mass is 35.5. The number of pyridine rings is 1. The van der Waals surface area contributed by atoms with Gasteiger partial charge in [0.15, 0.2) is 5.82 Å². The number of rotatable bonds is 3. The predicted octanol–water partition coefficient (Wildman–Crippen LogP) is 2.36. The molecule has 1 saturated heterocycles. The largest absolute Gasteiger partial charge is 0.417 e. The van der Waals surface area contributed by atoms with Crippen LogP contribution in [-0.2, 0) is 11.0 Å². The smallest absolute Gasteiger partial charge is 0.365 e. The van der Waals surface area contributed by atoms with Crippen molar-refractivity contribution in [2.75, 3.05) is 31.1 Å². The number of carbonyl (C=O) groups excluding carboxylic acids is 1. The number of hydrogen-bond donors (Lipinski definition) is 0. The van der Waals surface area contributed by atoms with E-state index < -0.39 is 17.3 Å². The third kappa shape index (κ3) is 3.96. The Bertz CT molecular complexity index is 922. The molecule has 150 valence electrons. The summed E-state index contributed by atoms with van der Waals surface area (Å²) in [4.78, 5) is 31.6. The van der Waals surface area contributed by atoms with Crippen LogP contribution in [-0.4, -0.2) is 51.8 Å². The van der Waals surface area contributed by atoms with E-state index in [-0.39, 0.29) is 16.7 Å². The van der Waals surface area contributed by atoms with Crippen LogP contribution >= 0.6 is 11.6 Å². The third-order valence-corrected chi connectivity index (χ3v) is 4.82. The first-order valence-corrected chi connectivity index (χ1v) is 8.94. The summed E-state index contributed by atoms with van der Waals surface area (Å²) in [7, 11) is 0. The van der Waals surface area contributed by atoms with Crippen LogP contribution in [0.4, 0.5) is 18.9 Å². The maximum atomic E-state index is 12.6. The number of halogens is 4. The Kier molecular flexibility index (Phi) is 5.59. The van der Waals surface area contributed by atoms with Crippen LogP contribution in [0.1, 0.15) is 18.9 Å². The lowest BCUT2D eigenvalue weighted by Gasteiger charge is -2.36. The summed E-state index contributed by atoms with van der Waals surface area (Å²) in [6, 6.07) is 1.88. The number of anilines is 1. The zero-order chi connectivity index (χ0) is 20.5. The highest BCUT2D eigenvalue weighted by Gasteiger charge is 2.31. The first-order chi connectivity index (χ1) is 13.2. The van der Waals surface area contributed by atoms with Crippen molar-refractivity contribution in [3.05, 3.63) is 45.5 Å². The lowest BCUT2D eigenvalue weighted by molar-refractivity contribution is -0.137. The van der Waals surface area contributed by atoms with E-state index in [0.29, 0.717) is 44.5 Å². The average molecular weight is 416 g/mol. The second-order valence-corrected chi connectivity index (χ2v) is 6.56. The minimum atomic E-state index is -4.52. The van der Waals surface area contributed by atoms with Gasteiger partial charge in [-0.25, -0.2) is 4.98 Å². The molecule has 0 spiro atoms. The van der Waals surface area contributed by atoms with Crippen molar-refractivity contribution < 1.29 is 18.0 Å². The van der Waals surface area contributed by atoms with Gasteiger partial charge < -0.3 is 9.80 Å². The van der Waals surface area contributed by atoms with Gasteiger partial charge in [0.05, 0.1) is 17.4 Å². The van der Waals surface area contributed by atoms with Gasteiger partial charge in [-0.1, -0.05) is 18.5 Å². The maximum Gasteiger partial charge on any atom is 0.417 e. The number of hydrogen-bond acceptors (Lipinski definition) is 5. The molecule has 7 nitrogen and oxygen atoms in total. The Balaban J connectivity index is 1.82. The number of nitrogens with zero attached hydrogens (tertiary/aromatic N) is 5. The second kappa shape index (κ2) is 7.78. The van der Waals surface area contributed by atoms with Crippen molar-refractivity contribution >= 4 is 23.2 Å². The summed E-state index contributed by atoms with van der Waals surface area (Å²) < 4.78 is 38.8. The summed E-state index contributed by atoms with van der Waals surface area (Å²) in [5, 5.41) is 3.90. The Morgan fingerprint density at radius 1 is 1.18 bits per heavy atom. The van der Waals surface area contributed by atoms with Crippen LogP contribution in [0.5, 0.6) is 0 Å². The highest BCUT2D eigenvalue weighted by molar-refractivity contribution is 6.33. The molecule has 0 bridgehead atoms. The summed E-state index contributed by atoms with van der Waals surface area (Å²) in [6.07, 6.45) is -2.08. The molecule has 1 aliphatic heterocycles. The molecule has 0 atom stereocenters. The average Bonchev–Trinajstić information content (AvgIpc) is 2.69. The first kappa shape index (κ1) is 20.1. The van der Waals surface area contributed by atoms with Gasteiger partial charge in [-0.2, -0.15) is 23.0 Å². The molecule has 1 aliphatic rings. The van der Waals surface area contributed by atoms with Crippen molar-refractivity contribution in [3.63, 3.8) is 0 Å². The minimum absolute atomic E-state index is 0.0627. The highest BCUT2D eigenvalue weighted by Crippen LogP contribution is 2.29. The molecular formula is C17H17ClF3N5O2. The molecule has 3 heterocycles. The minimum Gasteiger partial charge on any atom is -0.365 e. The Labute approximate surface area is 163 Å². The van der Waals surface area contributed by atoms with E-state index >= 15 is 0 Å². The maximum absolute atomic E-state index is 12.6. The van der Waals surface area contributed by atoms with Crippen LogP contribution in [0.15, 0.2) is 29.3 Å². The number of alkyl halides is 3. The van der Waals surface area contributed by atoms with E-state index in [1.807, 2.05) is 4.90 Å². The quantitative estimate of drug-likeness (QED) is 0.769. The predicted molar refractivity (Wildman–Crippen MR) is 96.7 cm³/mol. The van der Waals surface area contributed by atoms with Crippen molar-refractivity contribution in [3.8, 4) is 5.82 Å². The standard InChI is InChI=1S/C17H17ClF3N5O2/c1-2-14(27)25-7-5-24(6-8-25)12-10-23-26(16(28)15(12)18)13-4-3-11(9-22-13)17(19,20)21/h3-4,9-10H,2,5-8H2,1H3. The molecule has 0 saturated carbocycles. The Morgan fingerprint density at radius 3 is 2.39 bits per heavy atom. The van der Waals surface area contributed by atoms with E-state index in [4.69, 9.17) is 11.6 Å². The fourth-order valence-corrected chi connectivity index (χ4v) is 3.16. The fourth-order valence-electron chi connectivity index (χ4n) is 2.91. The van der Waals surface area contributed by atoms with Gasteiger partial charge in [-0.15, -0.1) is 0 Å². The molecule has 0 unspecified atom stereocenters. The van der Waals surface area contributed by atoms with Crippen LogP contribution in [0, 0.1) is 0 Å². The van der Waals surface area contributed by atoms with E-state index in [1.54, 1.807) is 11.8 Å². The molecule has 0 aromatic carbocycles. The topological polar surface area (TPSA) is 71.3 Å². The van der Waals surface area contributed by atoms with Gasteiger partial charge in [0.25, 0.3) is 5.56 Å². The SMILES string of the molecule is CCC(=O)N1CCN(c2cnn(-c3ccc(C(F)(F)F)cn3)c(=O)c2Cl)CC1. The van der Waals surface area contributed by atoms with Gasteiger partial charge in [0, 0.05) is 38.8 Å². The Morgan fingerprint density at radius 2 is 1.86 bits per heavy atom. The van der Waals surface area contributed by atoms with Crippen molar-refractivity contribution in [2.45, 2.75) is 19.5 Å². The van der Waals surface area contributed by atoms with E-state index in [0.717, 1.165) is 16.8 Å². The van der Waals surface area contributed by atoms with Gasteiger partial charge in [-0.05, 0) is 12.1 Å². The number of piperazine rings is 1. The summed E-state index contributed by atoms with van der Waals surface area (Å²) >= 11 is 6.21. The first-order valence-electron chi connectivity index (χ1n) is 8.56. The molecule has 1 amide bonds. The number of aromatic nitrogens is 3. The van der Waals surface area contributed by atoms with Gasteiger partial charge in [0.2, 0.25) is 5.91 Å². The summed E-state index contributed by atoms with van der Waals surface area (Å²) in [6.45, 7) is 3.80. The zero-order valence-electron chi connectivity index (χ0n) is 14.9. The van der Waals surface area contributed by atoms with Crippen molar-refractivity contribution in [1.29, 1.82) is 0 Å². The van der Waals surface area contributed by atoms with E-state index in [1.165, 1.54) is 6.20 Å². The van der Waals surface area contributed by atoms with E-state index in [2.05, 4.69) is 10.1 Å². The molecule has 2 aromatic heterocycles. The molecule has 0 radical (unpaired) electrons. The molecular weight excluding hydrogens is 399 g/mol. The molecule has 3 rings (SSSR count). The summed E-state index contributed by atoms with van der Waals surface area (Å²) in [5.74, 6) is -0.00233. The Hall–Kier alpha value is -2.62. The third-order valence-electron chi connectivity index (χ3n) is 4.47. The number of carbonyl (C=O) groups is 1. The molecule has 1 fully saturated rings. The molecule has 0 N–H and O–H groups in total. The van der Waals surface area contributed by atoms with Crippen LogP contribution < -0.4 is 10.5 Å². The van der Waals surface area contributed by atoms with Crippen molar-refractivity contribution in [1.82, 2.24) is 19.7 Å². The van der Waals surface area contributed by atoms with E-state index in [9.17, 15) is 22.8 Å². The lowest BCUT2D eigenvalue weighted by atomic mass is 10.2. The molecule has 28 heavy (non-hydrogen) atoms. The molecule has 11 heteroatoms. The van der Waals surface area contributed by atoms with Gasteiger partial charge >= 0.3 is 6.18 Å². The second-order valence-electron chi connectivity index (χ2n) is 6.18.